The first-order chi connectivity index (χ1) is 16.3. The summed E-state index contributed by atoms with van der Waals surface area (Å²) in [5, 5.41) is 13.3. The van der Waals surface area contributed by atoms with Crippen molar-refractivity contribution >= 4 is 22.6 Å². The van der Waals surface area contributed by atoms with Crippen molar-refractivity contribution < 1.29 is 18.3 Å². The molecule has 1 aliphatic rings. The van der Waals surface area contributed by atoms with Crippen LogP contribution < -0.4 is 21.3 Å². The highest BCUT2D eigenvalue weighted by molar-refractivity contribution is 5.97. The van der Waals surface area contributed by atoms with E-state index in [0.29, 0.717) is 5.69 Å². The number of nitrogens with one attached hydrogen (secondary N) is 2. The molecule has 2 aromatic carbocycles. The summed E-state index contributed by atoms with van der Waals surface area (Å²) >= 11 is 0. The summed E-state index contributed by atoms with van der Waals surface area (Å²) in [6, 6.07) is 10.6. The molecule has 0 bridgehead atoms. The third-order valence-electron chi connectivity index (χ3n) is 5.79. The van der Waals surface area contributed by atoms with Gasteiger partial charge in [0.05, 0.1) is 23.7 Å². The Morgan fingerprint density at radius 2 is 2.00 bits per heavy atom. The number of halogens is 2. The number of alkyl halides is 1. The van der Waals surface area contributed by atoms with E-state index in [1.807, 2.05) is 0 Å². The summed E-state index contributed by atoms with van der Waals surface area (Å²) in [7, 11) is 1.40. The van der Waals surface area contributed by atoms with Crippen molar-refractivity contribution in [3.8, 4) is 11.4 Å². The van der Waals surface area contributed by atoms with Crippen molar-refractivity contribution in [1.29, 1.82) is 0 Å². The van der Waals surface area contributed by atoms with E-state index >= 15 is 0 Å². The number of fused-ring (bicyclic) bond motifs is 1. The van der Waals surface area contributed by atoms with Crippen LogP contribution >= 0.6 is 0 Å². The molecule has 174 valence electrons. The first-order valence-corrected chi connectivity index (χ1v) is 10.5. The van der Waals surface area contributed by atoms with E-state index in [9.17, 15) is 18.4 Å². The number of nitrogens with zero attached hydrogens (tertiary/aromatic N) is 3. The molecular formula is C23H20F2N6O3. The van der Waals surface area contributed by atoms with E-state index in [1.54, 1.807) is 24.3 Å². The number of aromatic amines is 1. The van der Waals surface area contributed by atoms with Crippen LogP contribution in [0.2, 0.25) is 0 Å². The zero-order valence-electron chi connectivity index (χ0n) is 18.1. The van der Waals surface area contributed by atoms with Gasteiger partial charge in [0.15, 0.2) is 11.5 Å². The van der Waals surface area contributed by atoms with Crippen LogP contribution in [0.15, 0.2) is 47.3 Å². The van der Waals surface area contributed by atoms with E-state index < -0.39 is 23.0 Å². The molecule has 4 aromatic rings. The molecule has 0 spiro atoms. The van der Waals surface area contributed by atoms with Crippen LogP contribution in [0, 0.1) is 5.82 Å². The summed E-state index contributed by atoms with van der Waals surface area (Å²) < 4.78 is 35.0. The van der Waals surface area contributed by atoms with Crippen molar-refractivity contribution in [1.82, 2.24) is 25.3 Å². The number of nitrogens with two attached hydrogens (primary N) is 1. The number of ether oxygens (including phenoxy) is 1. The second kappa shape index (κ2) is 7.94. The van der Waals surface area contributed by atoms with Crippen molar-refractivity contribution in [2.45, 2.75) is 25.1 Å². The molecule has 2 heterocycles. The molecule has 11 heteroatoms. The number of amides is 1. The van der Waals surface area contributed by atoms with Crippen LogP contribution in [0.3, 0.4) is 0 Å². The van der Waals surface area contributed by atoms with E-state index in [-0.39, 0.29) is 53.1 Å². The van der Waals surface area contributed by atoms with Crippen LogP contribution in [0.1, 0.15) is 34.5 Å². The lowest BCUT2D eigenvalue weighted by Gasteiger charge is -2.10. The SMILES string of the molecule is COc1ccc(F)cc1C(=O)NCc1ccc(-n2nc(C3(F)CC3)c3c(=O)[nH]nc(N)c32)cc1. The number of hydrogen-bond acceptors (Lipinski definition) is 6. The molecule has 5 rings (SSSR count). The molecule has 34 heavy (non-hydrogen) atoms. The lowest BCUT2D eigenvalue weighted by atomic mass is 10.1. The van der Waals surface area contributed by atoms with Gasteiger partial charge < -0.3 is 15.8 Å². The second-order valence-corrected chi connectivity index (χ2v) is 8.08. The number of hydrogen-bond donors (Lipinski definition) is 3. The Kier molecular flexibility index (Phi) is 5.03. The number of methoxy groups -OCH3 is 1. The first kappa shape index (κ1) is 21.6. The van der Waals surface area contributed by atoms with Crippen molar-refractivity contribution in [2.75, 3.05) is 12.8 Å². The molecule has 1 aliphatic carbocycles. The van der Waals surface area contributed by atoms with Crippen LogP contribution in [-0.4, -0.2) is 33.0 Å². The Balaban J connectivity index is 1.41. The number of benzene rings is 2. The highest BCUT2D eigenvalue weighted by Crippen LogP contribution is 2.50. The molecule has 0 radical (unpaired) electrons. The van der Waals surface area contributed by atoms with Gasteiger partial charge in [-0.3, -0.25) is 9.59 Å². The minimum Gasteiger partial charge on any atom is -0.496 e. The van der Waals surface area contributed by atoms with Crippen LogP contribution in [0.4, 0.5) is 14.6 Å². The summed E-state index contributed by atoms with van der Waals surface area (Å²) in [6.45, 7) is 0.167. The van der Waals surface area contributed by atoms with Gasteiger partial charge in [-0.05, 0) is 48.7 Å². The first-order valence-electron chi connectivity index (χ1n) is 10.5. The third kappa shape index (κ3) is 3.64. The molecule has 1 saturated carbocycles. The van der Waals surface area contributed by atoms with Gasteiger partial charge in [-0.15, -0.1) is 0 Å². The summed E-state index contributed by atoms with van der Waals surface area (Å²) in [5.41, 5.74) is 5.46. The molecule has 0 unspecified atom stereocenters. The zero-order valence-corrected chi connectivity index (χ0v) is 18.1. The molecule has 1 fully saturated rings. The lowest BCUT2D eigenvalue weighted by Crippen LogP contribution is -2.23. The Hall–Kier alpha value is -4.28. The van der Waals surface area contributed by atoms with Crippen LogP contribution in [-0.2, 0) is 12.2 Å². The van der Waals surface area contributed by atoms with E-state index in [2.05, 4.69) is 20.6 Å². The zero-order chi connectivity index (χ0) is 24.0. The van der Waals surface area contributed by atoms with Gasteiger partial charge in [0, 0.05) is 6.54 Å². The lowest BCUT2D eigenvalue weighted by molar-refractivity contribution is 0.0947. The van der Waals surface area contributed by atoms with Gasteiger partial charge in [0.2, 0.25) is 0 Å². The average molecular weight is 466 g/mol. The van der Waals surface area contributed by atoms with Gasteiger partial charge in [-0.1, -0.05) is 12.1 Å². The number of carbonyl (C=O) groups is 1. The minimum absolute atomic E-state index is 0.0259. The van der Waals surface area contributed by atoms with E-state index in [1.165, 1.54) is 23.9 Å². The van der Waals surface area contributed by atoms with Gasteiger partial charge in [-0.2, -0.15) is 10.2 Å². The Morgan fingerprint density at radius 3 is 2.68 bits per heavy atom. The Morgan fingerprint density at radius 1 is 1.26 bits per heavy atom. The maximum Gasteiger partial charge on any atom is 0.275 e. The number of H-pyrrole nitrogens is 1. The fourth-order valence-corrected chi connectivity index (χ4v) is 3.83. The standard InChI is InChI=1S/C23H20F2N6O3/c1-34-16-7-4-13(24)10-15(16)21(32)27-11-12-2-5-14(6-3-12)31-18-17(22(33)29-28-20(18)26)19(30-31)23(25)8-9-23/h2-7,10H,8-9,11H2,1H3,(H2,26,28)(H,27,32)(H,29,33). The smallest absolute Gasteiger partial charge is 0.275 e. The van der Waals surface area contributed by atoms with Gasteiger partial charge >= 0.3 is 0 Å². The maximum atomic E-state index is 14.9. The number of nitrogen functional groups attached to an aromatic ring is 1. The molecular weight excluding hydrogens is 446 g/mol. The predicted molar refractivity (Wildman–Crippen MR) is 120 cm³/mol. The number of carbonyl (C=O) groups excluding carboxylic acids is 1. The normalized spacial score (nSPS) is 14.2. The number of anilines is 1. The van der Waals surface area contributed by atoms with Crippen molar-refractivity contribution in [3.05, 3.63) is 75.5 Å². The predicted octanol–water partition coefficient (Wildman–Crippen LogP) is 2.73. The highest BCUT2D eigenvalue weighted by Gasteiger charge is 2.49. The molecule has 0 atom stereocenters. The van der Waals surface area contributed by atoms with Gasteiger partial charge in [0.25, 0.3) is 11.5 Å². The monoisotopic (exact) mass is 466 g/mol. The second-order valence-electron chi connectivity index (χ2n) is 8.08. The number of rotatable bonds is 6. The fourth-order valence-electron chi connectivity index (χ4n) is 3.83. The fraction of sp³-hybridized carbons (Fsp3) is 0.217. The largest absolute Gasteiger partial charge is 0.496 e. The van der Waals surface area contributed by atoms with Gasteiger partial charge in [-0.25, -0.2) is 18.6 Å². The Labute approximate surface area is 191 Å². The van der Waals surface area contributed by atoms with Crippen molar-refractivity contribution in [2.24, 2.45) is 0 Å². The third-order valence-corrected chi connectivity index (χ3v) is 5.79. The topological polar surface area (TPSA) is 128 Å². The average Bonchev–Trinajstić information content (AvgIpc) is 3.44. The quantitative estimate of drug-likeness (QED) is 0.401. The maximum absolute atomic E-state index is 14.9. The van der Waals surface area contributed by atoms with Crippen molar-refractivity contribution in [3.63, 3.8) is 0 Å². The summed E-state index contributed by atoms with van der Waals surface area (Å²) in [4.78, 5) is 24.9. The van der Waals surface area contributed by atoms with E-state index in [4.69, 9.17) is 10.5 Å². The van der Waals surface area contributed by atoms with Crippen LogP contribution in [0.5, 0.6) is 5.75 Å². The summed E-state index contributed by atoms with van der Waals surface area (Å²) in [6.07, 6.45) is 0.574. The Bertz CT molecular complexity index is 1470. The molecule has 9 nitrogen and oxygen atoms in total. The molecule has 1 amide bonds. The molecule has 0 aliphatic heterocycles. The van der Waals surface area contributed by atoms with E-state index in [0.717, 1.165) is 11.6 Å². The highest BCUT2D eigenvalue weighted by atomic mass is 19.1. The summed E-state index contributed by atoms with van der Waals surface area (Å²) in [5.74, 6) is -0.745. The van der Waals surface area contributed by atoms with Crippen LogP contribution in [0.25, 0.3) is 16.6 Å². The van der Waals surface area contributed by atoms with Gasteiger partial charge in [0.1, 0.15) is 22.8 Å². The minimum atomic E-state index is -1.65. The molecule has 2 aromatic heterocycles. The molecule has 0 saturated heterocycles. The number of aromatic nitrogens is 4. The molecule has 4 N–H and O–H groups in total.